The molecule has 10 heteroatoms. The molecule has 1 aromatic rings. The Hall–Kier alpha value is -1.68. The number of benzene rings is 1. The summed E-state index contributed by atoms with van der Waals surface area (Å²) in [6, 6.07) is 3.29. The number of rotatable bonds is 4. The van der Waals surface area contributed by atoms with E-state index in [-0.39, 0.29) is 5.69 Å². The molecule has 0 radical (unpaired) electrons. The number of halogens is 3. The summed E-state index contributed by atoms with van der Waals surface area (Å²) < 4.78 is 61.7. The van der Waals surface area contributed by atoms with Crippen molar-refractivity contribution in [3.63, 3.8) is 0 Å². The van der Waals surface area contributed by atoms with E-state index in [1.165, 1.54) is 0 Å². The summed E-state index contributed by atoms with van der Waals surface area (Å²) in [6.45, 7) is -1.95. The monoisotopic (exact) mass is 285 g/mol. The highest BCUT2D eigenvalue weighted by molar-refractivity contribution is 7.86. The molecule has 0 unspecified atom stereocenters. The minimum atomic E-state index is -4.78. The van der Waals surface area contributed by atoms with Gasteiger partial charge in [-0.2, -0.15) is 21.6 Å². The highest BCUT2D eigenvalue weighted by atomic mass is 32.2. The number of alkyl halides is 3. The lowest BCUT2D eigenvalue weighted by Gasteiger charge is -2.07. The predicted octanol–water partition coefficient (Wildman–Crippen LogP) is 1.86. The second kappa shape index (κ2) is 4.90. The van der Waals surface area contributed by atoms with Gasteiger partial charge < -0.3 is 0 Å². The average molecular weight is 285 g/mol. The van der Waals surface area contributed by atoms with E-state index in [9.17, 15) is 31.7 Å². The molecule has 0 N–H and O–H groups in total. The fourth-order valence-corrected chi connectivity index (χ4v) is 1.84. The van der Waals surface area contributed by atoms with E-state index in [4.69, 9.17) is 0 Å². The first-order chi connectivity index (χ1) is 8.12. The van der Waals surface area contributed by atoms with Crippen molar-refractivity contribution in [1.29, 1.82) is 0 Å². The number of nitro groups is 1. The van der Waals surface area contributed by atoms with Crippen LogP contribution in [0.5, 0.6) is 0 Å². The van der Waals surface area contributed by atoms with Gasteiger partial charge in [0.1, 0.15) is 0 Å². The molecule has 0 saturated heterocycles. The molecule has 0 aliphatic rings. The van der Waals surface area contributed by atoms with Gasteiger partial charge in [0, 0.05) is 12.1 Å². The van der Waals surface area contributed by atoms with Gasteiger partial charge in [0.25, 0.3) is 15.8 Å². The summed E-state index contributed by atoms with van der Waals surface area (Å²) in [5, 5.41) is 10.3. The summed E-state index contributed by atoms with van der Waals surface area (Å²) in [5.41, 5.74) is -0.384. The normalized spacial score (nSPS) is 12.4. The maximum Gasteiger partial charge on any atom is 0.413 e. The van der Waals surface area contributed by atoms with Crippen molar-refractivity contribution in [2.45, 2.75) is 11.1 Å². The summed E-state index contributed by atoms with van der Waals surface area (Å²) in [5.74, 6) is 0. The lowest BCUT2D eigenvalue weighted by atomic mass is 10.3. The number of nitro benzene ring substituents is 1. The van der Waals surface area contributed by atoms with Crippen LogP contribution in [-0.4, -0.2) is 26.1 Å². The van der Waals surface area contributed by atoms with Gasteiger partial charge in [-0.05, 0) is 12.1 Å². The molecular formula is C8H6F3NO5S. The van der Waals surface area contributed by atoms with Crippen molar-refractivity contribution in [3.05, 3.63) is 34.4 Å². The fraction of sp³-hybridized carbons (Fsp3) is 0.250. The molecule has 0 aliphatic carbocycles. The fourth-order valence-electron chi connectivity index (χ4n) is 0.947. The first kappa shape index (κ1) is 14.4. The van der Waals surface area contributed by atoms with Crippen molar-refractivity contribution in [1.82, 2.24) is 0 Å². The van der Waals surface area contributed by atoms with Gasteiger partial charge >= 0.3 is 6.18 Å². The van der Waals surface area contributed by atoms with Crippen LogP contribution in [0.3, 0.4) is 0 Å². The van der Waals surface area contributed by atoms with Gasteiger partial charge in [-0.3, -0.25) is 14.3 Å². The Morgan fingerprint density at radius 2 is 1.72 bits per heavy atom. The lowest BCUT2D eigenvalue weighted by molar-refractivity contribution is -0.384. The highest BCUT2D eigenvalue weighted by Crippen LogP contribution is 2.21. The molecule has 0 spiro atoms. The van der Waals surface area contributed by atoms with E-state index < -0.39 is 32.7 Å². The molecule has 6 nitrogen and oxygen atoms in total. The first-order valence-corrected chi connectivity index (χ1v) is 5.73. The van der Waals surface area contributed by atoms with Crippen LogP contribution >= 0.6 is 0 Å². The SMILES string of the molecule is O=[N+]([O-])c1ccc(S(=O)(=O)OCC(F)(F)F)cc1. The Labute approximate surface area is 99.3 Å². The molecule has 100 valence electrons. The molecule has 18 heavy (non-hydrogen) atoms. The minimum Gasteiger partial charge on any atom is -0.258 e. The Kier molecular flexibility index (Phi) is 3.92. The average Bonchev–Trinajstić information content (AvgIpc) is 2.26. The van der Waals surface area contributed by atoms with Crippen LogP contribution in [0.1, 0.15) is 0 Å². The third-order valence-electron chi connectivity index (χ3n) is 1.71. The zero-order valence-electron chi connectivity index (χ0n) is 8.55. The minimum absolute atomic E-state index is 0.384. The van der Waals surface area contributed by atoms with Gasteiger partial charge in [0.15, 0.2) is 6.61 Å². The number of nitrogens with zero attached hydrogens (tertiary/aromatic N) is 1. The van der Waals surface area contributed by atoms with Gasteiger partial charge in [0.2, 0.25) is 0 Å². The quantitative estimate of drug-likeness (QED) is 0.478. The third kappa shape index (κ3) is 3.96. The molecular weight excluding hydrogens is 279 g/mol. The second-order valence-electron chi connectivity index (χ2n) is 3.08. The summed E-state index contributed by atoms with van der Waals surface area (Å²) >= 11 is 0. The topological polar surface area (TPSA) is 86.5 Å². The summed E-state index contributed by atoms with van der Waals surface area (Å²) in [7, 11) is -4.58. The maximum atomic E-state index is 11.8. The largest absolute Gasteiger partial charge is 0.413 e. The van der Waals surface area contributed by atoms with Gasteiger partial charge in [-0.15, -0.1) is 0 Å². The highest BCUT2D eigenvalue weighted by Gasteiger charge is 2.31. The zero-order chi connectivity index (χ0) is 14.0. The van der Waals surface area contributed by atoms with Crippen LogP contribution in [0, 0.1) is 10.1 Å². The van der Waals surface area contributed by atoms with Crippen LogP contribution in [0.4, 0.5) is 18.9 Å². The number of hydrogen-bond donors (Lipinski definition) is 0. The standard InChI is InChI=1S/C8H6F3NO5S/c9-8(10,11)5-17-18(15,16)7-3-1-6(2-4-7)12(13)14/h1-4H,5H2. The summed E-state index contributed by atoms with van der Waals surface area (Å²) in [6.07, 6.45) is -4.78. The molecule has 1 rings (SSSR count). The second-order valence-corrected chi connectivity index (χ2v) is 4.70. The van der Waals surface area contributed by atoms with Crippen LogP contribution in [0.25, 0.3) is 0 Å². The Morgan fingerprint density at radius 1 is 1.22 bits per heavy atom. The predicted molar refractivity (Wildman–Crippen MR) is 52.3 cm³/mol. The van der Waals surface area contributed by atoms with Crippen molar-refractivity contribution in [2.75, 3.05) is 6.61 Å². The Balaban J connectivity index is 2.89. The number of non-ortho nitro benzene ring substituents is 1. The molecule has 0 bridgehead atoms. The lowest BCUT2D eigenvalue weighted by Crippen LogP contribution is -2.20. The van der Waals surface area contributed by atoms with E-state index >= 15 is 0 Å². The summed E-state index contributed by atoms with van der Waals surface area (Å²) in [4.78, 5) is 8.94. The van der Waals surface area contributed by atoms with Gasteiger partial charge in [-0.1, -0.05) is 0 Å². The van der Waals surface area contributed by atoms with Crippen molar-refractivity contribution < 1.29 is 30.7 Å². The van der Waals surface area contributed by atoms with Gasteiger partial charge in [0.05, 0.1) is 9.82 Å². The molecule has 0 heterocycles. The molecule has 0 amide bonds. The third-order valence-corrected chi connectivity index (χ3v) is 2.99. The van der Waals surface area contributed by atoms with Crippen LogP contribution in [0.15, 0.2) is 29.2 Å². The maximum absolute atomic E-state index is 11.8. The molecule has 0 aliphatic heterocycles. The van der Waals surface area contributed by atoms with E-state index in [1.54, 1.807) is 0 Å². The molecule has 0 aromatic heterocycles. The van der Waals surface area contributed by atoms with E-state index in [0.717, 1.165) is 24.3 Å². The van der Waals surface area contributed by atoms with E-state index in [2.05, 4.69) is 4.18 Å². The van der Waals surface area contributed by atoms with E-state index in [1.807, 2.05) is 0 Å². The molecule has 0 atom stereocenters. The van der Waals surface area contributed by atoms with Crippen LogP contribution < -0.4 is 0 Å². The zero-order valence-corrected chi connectivity index (χ0v) is 9.36. The Morgan fingerprint density at radius 3 is 2.11 bits per heavy atom. The first-order valence-electron chi connectivity index (χ1n) is 4.32. The van der Waals surface area contributed by atoms with Crippen molar-refractivity contribution >= 4 is 15.8 Å². The van der Waals surface area contributed by atoms with Gasteiger partial charge in [-0.25, -0.2) is 0 Å². The van der Waals surface area contributed by atoms with E-state index in [0.29, 0.717) is 0 Å². The smallest absolute Gasteiger partial charge is 0.258 e. The van der Waals surface area contributed by atoms with Crippen LogP contribution in [0.2, 0.25) is 0 Å². The number of hydrogen-bond acceptors (Lipinski definition) is 5. The molecule has 0 fully saturated rings. The Bertz CT molecular complexity index is 537. The van der Waals surface area contributed by atoms with Crippen molar-refractivity contribution in [2.24, 2.45) is 0 Å². The molecule has 0 saturated carbocycles. The molecule has 1 aromatic carbocycles. The van der Waals surface area contributed by atoms with Crippen LogP contribution in [-0.2, 0) is 14.3 Å². The van der Waals surface area contributed by atoms with Crippen molar-refractivity contribution in [3.8, 4) is 0 Å².